The highest BCUT2D eigenvalue weighted by atomic mass is 16.6. The number of hydrogen-bond donors (Lipinski definition) is 1. The van der Waals surface area contributed by atoms with Gasteiger partial charge >= 0.3 is 6.09 Å². The highest BCUT2D eigenvalue weighted by molar-refractivity contribution is 5.65. The van der Waals surface area contributed by atoms with Gasteiger partial charge in [0.1, 0.15) is 0 Å². The maximum absolute atomic E-state index is 10.6. The van der Waals surface area contributed by atoms with Gasteiger partial charge in [-0.3, -0.25) is 4.90 Å². The third-order valence-corrected chi connectivity index (χ3v) is 2.51. The summed E-state index contributed by atoms with van der Waals surface area (Å²) in [6, 6.07) is 0. The molecule has 1 N–H and O–H groups in total. The predicted molar refractivity (Wildman–Crippen MR) is 45.8 cm³/mol. The fourth-order valence-corrected chi connectivity index (χ4v) is 1.58. The third kappa shape index (κ3) is 2.32. The van der Waals surface area contributed by atoms with Crippen molar-refractivity contribution < 1.29 is 14.6 Å². The van der Waals surface area contributed by atoms with Crippen molar-refractivity contribution in [2.75, 3.05) is 39.3 Å². The molecule has 2 fully saturated rings. The van der Waals surface area contributed by atoms with Gasteiger partial charge in [0.2, 0.25) is 0 Å². The van der Waals surface area contributed by atoms with Crippen molar-refractivity contribution in [3.8, 4) is 0 Å². The van der Waals surface area contributed by atoms with Gasteiger partial charge in [-0.2, -0.15) is 0 Å². The Kier molecular flexibility index (Phi) is 2.37. The van der Waals surface area contributed by atoms with Crippen LogP contribution in [0.1, 0.15) is 0 Å². The van der Waals surface area contributed by atoms with E-state index in [1.165, 1.54) is 4.90 Å². The predicted octanol–water partition coefficient (Wildman–Crippen LogP) is -0.319. The van der Waals surface area contributed by atoms with Gasteiger partial charge in [0.15, 0.2) is 0 Å². The molecule has 0 aromatic carbocycles. The number of epoxide rings is 1. The van der Waals surface area contributed by atoms with Gasteiger partial charge in [-0.1, -0.05) is 0 Å². The number of amides is 1. The second-order valence-corrected chi connectivity index (χ2v) is 3.53. The van der Waals surface area contributed by atoms with E-state index in [9.17, 15) is 4.79 Å². The van der Waals surface area contributed by atoms with Crippen LogP contribution < -0.4 is 0 Å². The summed E-state index contributed by atoms with van der Waals surface area (Å²) in [5.41, 5.74) is 0. The first-order chi connectivity index (χ1) is 6.25. The van der Waals surface area contributed by atoms with E-state index in [0.29, 0.717) is 19.2 Å². The van der Waals surface area contributed by atoms with Crippen LogP contribution in [0.15, 0.2) is 0 Å². The lowest BCUT2D eigenvalue weighted by molar-refractivity contribution is 0.102. The molecule has 1 atom stereocenters. The van der Waals surface area contributed by atoms with E-state index in [1.54, 1.807) is 0 Å². The van der Waals surface area contributed by atoms with Crippen LogP contribution in [0, 0.1) is 0 Å². The second kappa shape index (κ2) is 3.51. The normalized spacial score (nSPS) is 28.9. The minimum absolute atomic E-state index is 0.413. The van der Waals surface area contributed by atoms with Gasteiger partial charge in [-0.25, -0.2) is 4.79 Å². The maximum atomic E-state index is 10.6. The number of rotatable bonds is 2. The Bertz CT molecular complexity index is 198. The SMILES string of the molecule is O=C(O)N1CCN(C[C@H]2CO2)CC1. The number of carbonyl (C=O) groups is 1. The van der Waals surface area contributed by atoms with Crippen LogP contribution in [0.3, 0.4) is 0 Å². The maximum Gasteiger partial charge on any atom is 0.407 e. The zero-order valence-electron chi connectivity index (χ0n) is 7.48. The molecule has 2 aliphatic rings. The Balaban J connectivity index is 1.71. The van der Waals surface area contributed by atoms with Gasteiger partial charge in [-0.15, -0.1) is 0 Å². The van der Waals surface area contributed by atoms with Crippen LogP contribution in [0.5, 0.6) is 0 Å². The average molecular weight is 186 g/mol. The molecule has 0 aromatic rings. The third-order valence-electron chi connectivity index (χ3n) is 2.51. The summed E-state index contributed by atoms with van der Waals surface area (Å²) < 4.78 is 5.11. The molecule has 2 heterocycles. The summed E-state index contributed by atoms with van der Waals surface area (Å²) in [7, 11) is 0. The van der Waals surface area contributed by atoms with Gasteiger partial charge in [0.05, 0.1) is 12.7 Å². The highest BCUT2D eigenvalue weighted by Gasteiger charge is 2.28. The van der Waals surface area contributed by atoms with Gasteiger partial charge in [0, 0.05) is 32.7 Å². The number of hydrogen-bond acceptors (Lipinski definition) is 3. The van der Waals surface area contributed by atoms with E-state index >= 15 is 0 Å². The molecule has 2 saturated heterocycles. The van der Waals surface area contributed by atoms with E-state index < -0.39 is 6.09 Å². The summed E-state index contributed by atoms with van der Waals surface area (Å²) in [6.07, 6.45) is -0.390. The van der Waals surface area contributed by atoms with Crippen molar-refractivity contribution in [2.24, 2.45) is 0 Å². The molecular weight excluding hydrogens is 172 g/mol. The fourth-order valence-electron chi connectivity index (χ4n) is 1.58. The van der Waals surface area contributed by atoms with Crippen LogP contribution in [0.4, 0.5) is 4.79 Å². The number of nitrogens with zero attached hydrogens (tertiary/aromatic N) is 2. The number of piperazine rings is 1. The highest BCUT2D eigenvalue weighted by Crippen LogP contribution is 2.12. The first-order valence-electron chi connectivity index (χ1n) is 4.57. The standard InChI is InChI=1S/C8H14N2O3/c11-8(12)10-3-1-9(2-4-10)5-7-6-13-7/h7H,1-6H2,(H,11,12)/t7-/m0/s1. The Hall–Kier alpha value is -0.810. The first-order valence-corrected chi connectivity index (χ1v) is 4.57. The van der Waals surface area contributed by atoms with Gasteiger partial charge in [-0.05, 0) is 0 Å². The first kappa shape index (κ1) is 8.77. The van der Waals surface area contributed by atoms with Crippen molar-refractivity contribution in [1.29, 1.82) is 0 Å². The van der Waals surface area contributed by atoms with Crippen molar-refractivity contribution in [1.82, 2.24) is 9.80 Å². The summed E-state index contributed by atoms with van der Waals surface area (Å²) in [5, 5.41) is 8.70. The summed E-state index contributed by atoms with van der Waals surface area (Å²) in [5.74, 6) is 0. The zero-order chi connectivity index (χ0) is 9.26. The molecular formula is C8H14N2O3. The molecule has 0 aromatic heterocycles. The minimum Gasteiger partial charge on any atom is -0.465 e. The number of ether oxygens (including phenoxy) is 1. The van der Waals surface area contributed by atoms with Crippen LogP contribution in [-0.4, -0.2) is 66.4 Å². The lowest BCUT2D eigenvalue weighted by atomic mass is 10.3. The lowest BCUT2D eigenvalue weighted by Gasteiger charge is -2.32. The van der Waals surface area contributed by atoms with Crippen LogP contribution >= 0.6 is 0 Å². The second-order valence-electron chi connectivity index (χ2n) is 3.53. The molecule has 5 heteroatoms. The Morgan fingerprint density at radius 1 is 1.38 bits per heavy atom. The van der Waals surface area contributed by atoms with Crippen LogP contribution in [0.25, 0.3) is 0 Å². The molecule has 0 radical (unpaired) electrons. The lowest BCUT2D eigenvalue weighted by Crippen LogP contribution is -2.49. The van der Waals surface area contributed by atoms with Gasteiger partial charge in [0.25, 0.3) is 0 Å². The van der Waals surface area contributed by atoms with Crippen LogP contribution in [-0.2, 0) is 4.74 Å². The average Bonchev–Trinajstić information content (AvgIpc) is 2.89. The molecule has 5 nitrogen and oxygen atoms in total. The molecule has 0 saturated carbocycles. The molecule has 2 aliphatic heterocycles. The van der Waals surface area contributed by atoms with E-state index in [4.69, 9.17) is 9.84 Å². The molecule has 1 amide bonds. The van der Waals surface area contributed by atoms with Crippen molar-refractivity contribution in [3.05, 3.63) is 0 Å². The van der Waals surface area contributed by atoms with Crippen molar-refractivity contribution >= 4 is 6.09 Å². The topological polar surface area (TPSA) is 56.3 Å². The van der Waals surface area contributed by atoms with Crippen LogP contribution in [0.2, 0.25) is 0 Å². The molecule has 74 valence electrons. The molecule has 0 unspecified atom stereocenters. The summed E-state index contributed by atoms with van der Waals surface area (Å²) in [4.78, 5) is 14.3. The zero-order valence-corrected chi connectivity index (χ0v) is 7.48. The quantitative estimate of drug-likeness (QED) is 0.600. The Morgan fingerprint density at radius 3 is 2.46 bits per heavy atom. The smallest absolute Gasteiger partial charge is 0.407 e. The Labute approximate surface area is 76.9 Å². The molecule has 0 bridgehead atoms. The number of carboxylic acid groups (broad SMARTS) is 1. The fraction of sp³-hybridized carbons (Fsp3) is 0.875. The minimum atomic E-state index is -0.803. The van der Waals surface area contributed by atoms with Gasteiger partial charge < -0.3 is 14.7 Å². The van der Waals surface area contributed by atoms with E-state index in [0.717, 1.165) is 26.2 Å². The molecule has 0 spiro atoms. The monoisotopic (exact) mass is 186 g/mol. The molecule has 0 aliphatic carbocycles. The van der Waals surface area contributed by atoms with E-state index in [1.807, 2.05) is 0 Å². The van der Waals surface area contributed by atoms with E-state index in [-0.39, 0.29) is 0 Å². The van der Waals surface area contributed by atoms with Crippen molar-refractivity contribution in [2.45, 2.75) is 6.10 Å². The largest absolute Gasteiger partial charge is 0.465 e. The van der Waals surface area contributed by atoms with Crippen molar-refractivity contribution in [3.63, 3.8) is 0 Å². The van der Waals surface area contributed by atoms with E-state index in [2.05, 4.69) is 4.90 Å². The Morgan fingerprint density at radius 2 is 2.00 bits per heavy atom. The molecule has 2 rings (SSSR count). The summed E-state index contributed by atoms with van der Waals surface area (Å²) in [6.45, 7) is 4.77. The molecule has 13 heavy (non-hydrogen) atoms. The summed E-state index contributed by atoms with van der Waals surface area (Å²) >= 11 is 0.